The van der Waals surface area contributed by atoms with Gasteiger partial charge in [-0.1, -0.05) is 91.0 Å². The van der Waals surface area contributed by atoms with E-state index in [1.165, 1.54) is 22.8 Å². The van der Waals surface area contributed by atoms with Gasteiger partial charge in [-0.15, -0.1) is 0 Å². The summed E-state index contributed by atoms with van der Waals surface area (Å²) >= 11 is 0. The fraction of sp³-hybridized carbons (Fsp3) is 0.312. The number of allylic oxidation sites excluding steroid dienone is 2. The van der Waals surface area contributed by atoms with Crippen LogP contribution in [0.3, 0.4) is 0 Å². The molecule has 2 bridgehead atoms. The van der Waals surface area contributed by atoms with Crippen LogP contribution in [0.15, 0.2) is 136 Å². The molecule has 0 saturated heterocycles. The summed E-state index contributed by atoms with van der Waals surface area (Å²) in [6.07, 6.45) is 4.73. The van der Waals surface area contributed by atoms with Crippen LogP contribution in [-0.2, 0) is 31.9 Å². The van der Waals surface area contributed by atoms with Gasteiger partial charge in [-0.05, 0) is 104 Å². The Hall–Kier alpha value is -5.73. The van der Waals surface area contributed by atoms with Gasteiger partial charge in [0.2, 0.25) is 0 Å². The highest BCUT2D eigenvalue weighted by Gasteiger charge is 2.50. The summed E-state index contributed by atoms with van der Waals surface area (Å²) < 4.78 is 25.0. The summed E-state index contributed by atoms with van der Waals surface area (Å²) in [6.45, 7) is 4.94. The summed E-state index contributed by atoms with van der Waals surface area (Å²) in [6, 6.07) is 34.0. The minimum absolute atomic E-state index is 0.0498. The van der Waals surface area contributed by atoms with Crippen molar-refractivity contribution in [2.24, 2.45) is 5.92 Å². The molecule has 1 aromatic heterocycles. The van der Waals surface area contributed by atoms with E-state index in [2.05, 4.69) is 84.9 Å². The molecule has 5 aromatic rings. The lowest BCUT2D eigenvalue weighted by atomic mass is 9.72. The highest BCUT2D eigenvalue weighted by molar-refractivity contribution is 5.90. The van der Waals surface area contributed by atoms with E-state index in [0.717, 1.165) is 17.5 Å². The molecule has 4 aromatic carbocycles. The minimum Gasteiger partial charge on any atom is -0.483 e. The van der Waals surface area contributed by atoms with Gasteiger partial charge in [0.15, 0.2) is 12.2 Å². The zero-order valence-electron chi connectivity index (χ0n) is 31.9. The third-order valence-electron chi connectivity index (χ3n) is 11.6. The van der Waals surface area contributed by atoms with Gasteiger partial charge in [0.05, 0.1) is 12.2 Å². The number of carbonyl (C=O) groups excluding carboxylic acids is 2. The number of benzene rings is 4. The van der Waals surface area contributed by atoms with Crippen LogP contribution in [0.2, 0.25) is 0 Å². The Kier molecular flexibility index (Phi) is 10.2. The standard InChI is InChI=1S/C48H46O8/c1-29(28-49)38-20-14-30-12-15-33(16-13-30)39-21-17-36(35-11-7-10-32(25-35)24-31-8-5-4-6-9-31)26-37(39)27-42(51)54-45-43-40(56-48(2,3)46(45)55-47(38)52)22-18-34-19-23-41(50)53-44(34)43/h4-13,15-19,21-23,25,36-37,39,45-46,49H,14,20,24,26-28H2,1-3H3/b38-29-/t36-,37+,39+,45-,46+/m1/s1. The van der Waals surface area contributed by atoms with Crippen molar-refractivity contribution in [1.29, 1.82) is 0 Å². The lowest BCUT2D eigenvalue weighted by molar-refractivity contribution is -0.188. The molecule has 56 heavy (non-hydrogen) atoms. The fourth-order valence-corrected chi connectivity index (χ4v) is 8.60. The third-order valence-corrected chi connectivity index (χ3v) is 11.6. The summed E-state index contributed by atoms with van der Waals surface area (Å²) in [4.78, 5) is 41.2. The largest absolute Gasteiger partial charge is 0.483 e. The molecule has 0 spiro atoms. The molecule has 0 radical (unpaired) electrons. The molecule has 8 nitrogen and oxygen atoms in total. The number of fused-ring (bicyclic) bond motifs is 11. The van der Waals surface area contributed by atoms with Gasteiger partial charge in [-0.3, -0.25) is 4.79 Å². The van der Waals surface area contributed by atoms with Crippen molar-refractivity contribution in [3.8, 4) is 5.75 Å². The van der Waals surface area contributed by atoms with Crippen LogP contribution in [0.5, 0.6) is 5.75 Å². The molecule has 0 amide bonds. The molecule has 0 fully saturated rings. The number of hydrogen-bond acceptors (Lipinski definition) is 8. The van der Waals surface area contributed by atoms with Gasteiger partial charge in [-0.2, -0.15) is 0 Å². The van der Waals surface area contributed by atoms with Crippen LogP contribution in [-0.4, -0.2) is 35.4 Å². The molecular formula is C48H46O8. The Morgan fingerprint density at radius 1 is 0.804 bits per heavy atom. The predicted molar refractivity (Wildman–Crippen MR) is 213 cm³/mol. The highest BCUT2D eigenvalue weighted by Crippen LogP contribution is 2.48. The minimum atomic E-state index is -1.17. The summed E-state index contributed by atoms with van der Waals surface area (Å²) in [7, 11) is 0. The summed E-state index contributed by atoms with van der Waals surface area (Å²) in [5.41, 5.74) is 5.42. The second kappa shape index (κ2) is 15.4. The topological polar surface area (TPSA) is 112 Å². The zero-order chi connectivity index (χ0) is 39.0. The van der Waals surface area contributed by atoms with Crippen LogP contribution in [0.4, 0.5) is 0 Å². The van der Waals surface area contributed by atoms with Gasteiger partial charge >= 0.3 is 17.6 Å². The van der Waals surface area contributed by atoms with Crippen molar-refractivity contribution < 1.29 is 33.3 Å². The first-order valence-electron chi connectivity index (χ1n) is 19.4. The Morgan fingerprint density at radius 2 is 1.57 bits per heavy atom. The quantitative estimate of drug-likeness (QED) is 0.0840. The molecule has 8 heteroatoms. The van der Waals surface area contributed by atoms with Crippen molar-refractivity contribution in [2.75, 3.05) is 6.61 Å². The van der Waals surface area contributed by atoms with Crippen LogP contribution in [0.25, 0.3) is 11.0 Å². The van der Waals surface area contributed by atoms with Crippen LogP contribution in [0, 0.1) is 5.92 Å². The Balaban J connectivity index is 1.20. The number of rotatable bonds is 4. The molecule has 286 valence electrons. The van der Waals surface area contributed by atoms with E-state index in [1.54, 1.807) is 39.0 Å². The molecule has 5 atom stereocenters. The Bertz CT molecular complexity index is 2390. The van der Waals surface area contributed by atoms with Crippen molar-refractivity contribution >= 4 is 22.9 Å². The maximum atomic E-state index is 14.5. The van der Waals surface area contributed by atoms with E-state index in [-0.39, 0.29) is 36.4 Å². The van der Waals surface area contributed by atoms with Crippen molar-refractivity contribution in [2.45, 2.75) is 82.5 Å². The molecule has 4 heterocycles. The van der Waals surface area contributed by atoms with Crippen molar-refractivity contribution in [1.82, 2.24) is 0 Å². The first-order chi connectivity index (χ1) is 27.1. The van der Waals surface area contributed by atoms with E-state index in [4.69, 9.17) is 18.6 Å². The smallest absolute Gasteiger partial charge is 0.336 e. The van der Waals surface area contributed by atoms with Gasteiger partial charge in [-0.25, -0.2) is 9.59 Å². The zero-order valence-corrected chi connectivity index (χ0v) is 31.9. The second-order valence-corrected chi connectivity index (χ2v) is 15.9. The van der Waals surface area contributed by atoms with Crippen LogP contribution in [0.1, 0.15) is 91.4 Å². The molecule has 3 aliphatic heterocycles. The van der Waals surface area contributed by atoms with E-state index >= 15 is 0 Å². The first-order valence-corrected chi connectivity index (χ1v) is 19.4. The summed E-state index contributed by atoms with van der Waals surface area (Å²) in [5.74, 6) is -0.821. The normalized spacial score (nSPS) is 24.2. The Labute approximate surface area is 326 Å². The number of ether oxygens (including phenoxy) is 3. The van der Waals surface area contributed by atoms with E-state index < -0.39 is 35.4 Å². The van der Waals surface area contributed by atoms with E-state index in [0.29, 0.717) is 47.1 Å². The number of esters is 2. The maximum Gasteiger partial charge on any atom is 0.336 e. The molecule has 1 N–H and O–H groups in total. The van der Waals surface area contributed by atoms with Crippen LogP contribution < -0.4 is 10.4 Å². The number of aliphatic hydroxyl groups excluding tert-OH is 1. The molecule has 0 saturated carbocycles. The fourth-order valence-electron chi connectivity index (χ4n) is 8.60. The Morgan fingerprint density at radius 3 is 2.36 bits per heavy atom. The monoisotopic (exact) mass is 750 g/mol. The van der Waals surface area contributed by atoms with E-state index in [9.17, 15) is 19.5 Å². The predicted octanol–water partition coefficient (Wildman–Crippen LogP) is 8.84. The van der Waals surface area contributed by atoms with Crippen LogP contribution >= 0.6 is 0 Å². The lowest BCUT2D eigenvalue weighted by Crippen LogP contribution is -2.52. The maximum absolute atomic E-state index is 14.5. The third kappa shape index (κ3) is 7.58. The van der Waals surface area contributed by atoms with Gasteiger partial charge in [0.1, 0.15) is 16.9 Å². The van der Waals surface area contributed by atoms with Gasteiger partial charge in [0, 0.05) is 35.3 Å². The van der Waals surface area contributed by atoms with Crippen molar-refractivity contribution in [3.63, 3.8) is 0 Å². The van der Waals surface area contributed by atoms with Gasteiger partial charge < -0.3 is 23.7 Å². The first kappa shape index (κ1) is 37.2. The van der Waals surface area contributed by atoms with Crippen molar-refractivity contribution in [3.05, 3.63) is 170 Å². The summed E-state index contributed by atoms with van der Waals surface area (Å²) in [5, 5.41) is 10.8. The lowest BCUT2D eigenvalue weighted by Gasteiger charge is -2.43. The van der Waals surface area contributed by atoms with Gasteiger partial charge in [0.25, 0.3) is 0 Å². The number of hydrogen-bond donors (Lipinski definition) is 1. The second-order valence-electron chi connectivity index (χ2n) is 15.9. The molecule has 1 aliphatic carbocycles. The molecular weight excluding hydrogens is 705 g/mol. The molecule has 9 rings (SSSR count). The SMILES string of the molecule is C/C(CO)=C1\CCc2ccc(cc2)[C@@H]2C=C[C@@H](c3cccc(Cc4ccccc4)c3)C[C@H]2CC(=O)O[C@@H]2c3c(ccc4ccc(=O)oc34)OC(C)(C)[C@H]2OC1=O. The average Bonchev–Trinajstić information content (AvgIpc) is 3.19. The number of aliphatic hydroxyl groups is 1. The highest BCUT2D eigenvalue weighted by atomic mass is 16.6. The molecule has 0 unspecified atom stereocenters. The van der Waals surface area contributed by atoms with E-state index in [1.807, 2.05) is 6.07 Å². The number of aryl methyl sites for hydroxylation is 1. The molecule has 4 aliphatic rings. The number of carbonyl (C=O) groups is 2. The average molecular weight is 751 g/mol.